The van der Waals surface area contributed by atoms with Crippen molar-refractivity contribution in [2.75, 3.05) is 12.4 Å². The maximum Gasteiger partial charge on any atom is 0.345 e. The minimum absolute atomic E-state index is 0.0487. The molecule has 0 aliphatic rings. The van der Waals surface area contributed by atoms with E-state index in [0.29, 0.717) is 5.69 Å². The number of aromatic nitrogens is 1. The van der Waals surface area contributed by atoms with Gasteiger partial charge in [0.25, 0.3) is 0 Å². The molecule has 9 nitrogen and oxygen atoms in total. The summed E-state index contributed by atoms with van der Waals surface area (Å²) in [4.78, 5) is 37.6. The number of carboxylic acid groups (broad SMARTS) is 1. The highest BCUT2D eigenvalue weighted by molar-refractivity contribution is 5.96. The van der Waals surface area contributed by atoms with Crippen LogP contribution in [0.25, 0.3) is 0 Å². The Morgan fingerprint density at radius 2 is 2.09 bits per heavy atom. The van der Waals surface area contributed by atoms with Gasteiger partial charge in [-0.15, -0.1) is 0 Å². The molecule has 0 radical (unpaired) electrons. The number of aliphatic carboxylic acids is 1. The van der Waals surface area contributed by atoms with Crippen LogP contribution in [-0.4, -0.2) is 40.1 Å². The third-order valence-corrected chi connectivity index (χ3v) is 3.02. The first-order valence-electron chi connectivity index (χ1n) is 6.91. The van der Waals surface area contributed by atoms with Crippen molar-refractivity contribution >= 4 is 23.4 Å². The normalized spacial score (nSPS) is 11.9. The molecule has 23 heavy (non-hydrogen) atoms. The smallest absolute Gasteiger partial charge is 0.345 e. The van der Waals surface area contributed by atoms with Crippen molar-refractivity contribution < 1.29 is 24.4 Å². The zero-order chi connectivity index (χ0) is 17.7. The Kier molecular flexibility index (Phi) is 6.00. The average molecular weight is 325 g/mol. The van der Waals surface area contributed by atoms with Crippen LogP contribution in [0.4, 0.5) is 11.5 Å². The lowest BCUT2D eigenvalue weighted by atomic mass is 10.0. The van der Waals surface area contributed by atoms with Crippen molar-refractivity contribution in [3.63, 3.8) is 0 Å². The first-order chi connectivity index (χ1) is 10.7. The third kappa shape index (κ3) is 4.63. The Balaban J connectivity index is 3.39. The van der Waals surface area contributed by atoms with Crippen molar-refractivity contribution in [1.82, 2.24) is 4.98 Å². The number of pyridine rings is 1. The van der Waals surface area contributed by atoms with Gasteiger partial charge >= 0.3 is 17.6 Å². The number of carbonyl (C=O) groups is 2. The highest BCUT2D eigenvalue weighted by Crippen LogP contribution is 2.29. The lowest BCUT2D eigenvalue weighted by molar-refractivity contribution is -0.384. The molecule has 1 atom stereocenters. The minimum Gasteiger partial charge on any atom is -0.480 e. The van der Waals surface area contributed by atoms with E-state index in [0.717, 1.165) is 7.11 Å². The summed E-state index contributed by atoms with van der Waals surface area (Å²) in [6.07, 6.45) is 0.246. The summed E-state index contributed by atoms with van der Waals surface area (Å²) < 4.78 is 4.54. The molecule has 0 fully saturated rings. The number of aryl methyl sites for hydroxylation is 1. The molecule has 0 saturated carbocycles. The van der Waals surface area contributed by atoms with E-state index in [1.807, 2.05) is 13.8 Å². The number of nitro groups is 1. The van der Waals surface area contributed by atoms with E-state index in [2.05, 4.69) is 15.0 Å². The van der Waals surface area contributed by atoms with Crippen molar-refractivity contribution in [3.8, 4) is 0 Å². The lowest BCUT2D eigenvalue weighted by Crippen LogP contribution is -2.31. The van der Waals surface area contributed by atoms with Crippen LogP contribution in [0, 0.1) is 23.0 Å². The monoisotopic (exact) mass is 325 g/mol. The number of hydrogen-bond donors (Lipinski definition) is 2. The summed E-state index contributed by atoms with van der Waals surface area (Å²) in [5.74, 6) is -2.26. The lowest BCUT2D eigenvalue weighted by Gasteiger charge is -2.17. The summed E-state index contributed by atoms with van der Waals surface area (Å²) in [7, 11) is 1.10. The maximum atomic E-state index is 11.7. The fourth-order valence-electron chi connectivity index (χ4n) is 2.08. The SMILES string of the molecule is COC(=O)c1cc(C)nc(N[C@@H](CC(C)C)C(=O)O)c1[N+](=O)[O-]. The minimum atomic E-state index is -1.16. The molecule has 0 saturated heterocycles. The molecule has 2 N–H and O–H groups in total. The number of hydrogen-bond acceptors (Lipinski definition) is 7. The summed E-state index contributed by atoms with van der Waals surface area (Å²) in [6.45, 7) is 5.20. The Hall–Kier alpha value is -2.71. The zero-order valence-corrected chi connectivity index (χ0v) is 13.3. The summed E-state index contributed by atoms with van der Waals surface area (Å²) in [6, 6.07) is 0.168. The number of methoxy groups -OCH3 is 1. The number of ether oxygens (including phenoxy) is 1. The highest BCUT2D eigenvalue weighted by atomic mass is 16.6. The van der Waals surface area contributed by atoms with Crippen molar-refractivity contribution in [1.29, 1.82) is 0 Å². The zero-order valence-electron chi connectivity index (χ0n) is 13.3. The summed E-state index contributed by atoms with van der Waals surface area (Å²) in [5, 5.41) is 23.1. The molecule has 0 aliphatic heterocycles. The first kappa shape index (κ1) is 18.3. The topological polar surface area (TPSA) is 132 Å². The molecule has 0 amide bonds. The molecule has 0 spiro atoms. The second-order valence-electron chi connectivity index (χ2n) is 5.42. The van der Waals surface area contributed by atoms with E-state index in [1.54, 1.807) is 6.92 Å². The van der Waals surface area contributed by atoms with E-state index in [9.17, 15) is 24.8 Å². The number of anilines is 1. The number of carboxylic acids is 1. The second-order valence-corrected chi connectivity index (χ2v) is 5.42. The van der Waals surface area contributed by atoms with Crippen LogP contribution < -0.4 is 5.32 Å². The number of nitrogens with one attached hydrogen (secondary N) is 1. The molecule has 1 aromatic heterocycles. The largest absolute Gasteiger partial charge is 0.480 e. The second kappa shape index (κ2) is 7.52. The predicted octanol–water partition coefficient (Wildman–Crippen LogP) is 2.00. The van der Waals surface area contributed by atoms with Gasteiger partial charge in [0.15, 0.2) is 0 Å². The molecule has 0 aromatic carbocycles. The Morgan fingerprint density at radius 1 is 1.48 bits per heavy atom. The molecule has 0 unspecified atom stereocenters. The third-order valence-electron chi connectivity index (χ3n) is 3.02. The molecule has 0 bridgehead atoms. The quantitative estimate of drug-likeness (QED) is 0.442. The molecule has 1 aromatic rings. The standard InChI is InChI=1S/C14H19N3O6/c1-7(2)5-10(13(18)19)16-12-11(17(21)22)9(14(20)23-4)6-8(3)15-12/h6-7,10H,5H2,1-4H3,(H,15,16)(H,18,19)/t10-/m0/s1. The van der Waals surface area contributed by atoms with E-state index in [4.69, 9.17) is 0 Å². The van der Waals surface area contributed by atoms with Crippen LogP contribution in [0.15, 0.2) is 6.07 Å². The maximum absolute atomic E-state index is 11.7. The van der Waals surface area contributed by atoms with E-state index >= 15 is 0 Å². The van der Waals surface area contributed by atoms with Crippen molar-refractivity contribution in [3.05, 3.63) is 27.4 Å². The Morgan fingerprint density at radius 3 is 2.52 bits per heavy atom. The Bertz CT molecular complexity index is 629. The van der Waals surface area contributed by atoms with Crippen LogP contribution in [0.3, 0.4) is 0 Å². The van der Waals surface area contributed by atoms with Crippen LogP contribution in [-0.2, 0) is 9.53 Å². The van der Waals surface area contributed by atoms with E-state index in [-0.39, 0.29) is 23.7 Å². The van der Waals surface area contributed by atoms with Gasteiger partial charge in [-0.2, -0.15) is 0 Å². The van der Waals surface area contributed by atoms with Gasteiger partial charge in [0, 0.05) is 5.69 Å². The number of nitrogens with zero attached hydrogens (tertiary/aromatic N) is 2. The number of esters is 1. The van der Waals surface area contributed by atoms with E-state index in [1.165, 1.54) is 6.07 Å². The molecule has 1 rings (SSSR count). The van der Waals surface area contributed by atoms with Gasteiger partial charge in [0.2, 0.25) is 5.82 Å². The van der Waals surface area contributed by atoms with Crippen molar-refractivity contribution in [2.45, 2.75) is 33.2 Å². The summed E-state index contributed by atoms with van der Waals surface area (Å²) in [5.41, 5.74) is -0.550. The number of carbonyl (C=O) groups excluding carboxylic acids is 1. The van der Waals surface area contributed by atoms with Crippen LogP contribution in [0.5, 0.6) is 0 Å². The fourth-order valence-corrected chi connectivity index (χ4v) is 2.08. The van der Waals surface area contributed by atoms with Gasteiger partial charge in [0.1, 0.15) is 11.6 Å². The molecular weight excluding hydrogens is 306 g/mol. The Labute approximate surface area is 132 Å². The molecule has 1 heterocycles. The fraction of sp³-hybridized carbons (Fsp3) is 0.500. The van der Waals surface area contributed by atoms with Gasteiger partial charge in [0.05, 0.1) is 12.0 Å². The van der Waals surface area contributed by atoms with E-state index < -0.39 is 28.6 Å². The van der Waals surface area contributed by atoms with Crippen LogP contribution in [0.1, 0.15) is 36.3 Å². The van der Waals surface area contributed by atoms with Crippen LogP contribution >= 0.6 is 0 Å². The van der Waals surface area contributed by atoms with Crippen LogP contribution in [0.2, 0.25) is 0 Å². The molecule has 126 valence electrons. The first-order valence-corrected chi connectivity index (χ1v) is 6.91. The highest BCUT2D eigenvalue weighted by Gasteiger charge is 2.30. The summed E-state index contributed by atoms with van der Waals surface area (Å²) >= 11 is 0. The molecular formula is C14H19N3O6. The molecule has 0 aliphatic carbocycles. The van der Waals surface area contributed by atoms with Gasteiger partial charge < -0.3 is 15.2 Å². The van der Waals surface area contributed by atoms with Gasteiger partial charge in [-0.25, -0.2) is 14.6 Å². The molecule has 9 heteroatoms. The average Bonchev–Trinajstić information content (AvgIpc) is 2.43. The van der Waals surface area contributed by atoms with Crippen molar-refractivity contribution in [2.24, 2.45) is 5.92 Å². The predicted molar refractivity (Wildman–Crippen MR) is 81.5 cm³/mol. The van der Waals surface area contributed by atoms with Gasteiger partial charge in [-0.3, -0.25) is 10.1 Å². The van der Waals surface area contributed by atoms with Gasteiger partial charge in [-0.05, 0) is 25.3 Å². The number of rotatable bonds is 7. The van der Waals surface area contributed by atoms with Gasteiger partial charge in [-0.1, -0.05) is 13.8 Å².